The van der Waals surface area contributed by atoms with Crippen LogP contribution >= 0.6 is 0 Å². The smallest absolute Gasteiger partial charge is 0.326 e. The Kier molecular flexibility index (Phi) is 26.3. The summed E-state index contributed by atoms with van der Waals surface area (Å²) in [5.74, 6) is -9.41. The van der Waals surface area contributed by atoms with Gasteiger partial charge in [-0.3, -0.25) is 43.5 Å². The van der Waals surface area contributed by atoms with Crippen molar-refractivity contribution in [1.29, 1.82) is 0 Å². The highest BCUT2D eigenvalue weighted by Gasteiger charge is 2.35. The van der Waals surface area contributed by atoms with E-state index in [0.29, 0.717) is 24.8 Å². The molecule has 26 heteroatoms. The number of unbranched alkanes of at least 4 members (excludes halogenated alkanes) is 1. The van der Waals surface area contributed by atoms with E-state index in [1.165, 1.54) is 24.3 Å². The third-order valence-electron chi connectivity index (χ3n) is 9.80. The number of phenols is 1. The third kappa shape index (κ3) is 22.7. The molecule has 6 amide bonds. The second-order valence-corrected chi connectivity index (χ2v) is 15.6. The summed E-state index contributed by atoms with van der Waals surface area (Å²) < 4.78 is 0. The van der Waals surface area contributed by atoms with E-state index in [-0.39, 0.29) is 69.4 Å². The number of carbonyl (C=O) groups excluding carboxylic acids is 6. The zero-order chi connectivity index (χ0) is 49.9. The van der Waals surface area contributed by atoms with E-state index < -0.39 is 115 Å². The van der Waals surface area contributed by atoms with E-state index in [9.17, 15) is 58.8 Å². The van der Waals surface area contributed by atoms with Crippen LogP contribution in [0.5, 0.6) is 5.75 Å². The van der Waals surface area contributed by atoms with E-state index in [2.05, 4.69) is 41.9 Å². The lowest BCUT2D eigenvalue weighted by Crippen LogP contribution is -2.61. The first-order valence-corrected chi connectivity index (χ1v) is 21.3. The Hall–Kier alpha value is -6.80. The number of carboxylic acids is 2. The van der Waals surface area contributed by atoms with Crippen LogP contribution in [0.4, 0.5) is 0 Å². The zero-order valence-electron chi connectivity index (χ0n) is 37.2. The quantitative estimate of drug-likeness (QED) is 0.0183. The van der Waals surface area contributed by atoms with Crippen molar-refractivity contribution in [2.45, 2.75) is 120 Å². The molecule has 0 spiro atoms. The molecule has 66 heavy (non-hydrogen) atoms. The van der Waals surface area contributed by atoms with Gasteiger partial charge in [0.15, 0.2) is 11.9 Å². The maximum absolute atomic E-state index is 14.1. The van der Waals surface area contributed by atoms with Gasteiger partial charge in [-0.05, 0) is 81.5 Å². The molecule has 0 unspecified atom stereocenters. The summed E-state index contributed by atoms with van der Waals surface area (Å²) in [5.41, 5.74) is 33.4. The number of carbonyl (C=O) groups is 8. The highest BCUT2D eigenvalue weighted by Crippen LogP contribution is 2.13. The molecule has 0 aliphatic heterocycles. The number of aliphatic hydroxyl groups is 1. The lowest BCUT2D eigenvalue weighted by molar-refractivity contribution is -0.143. The molecule has 0 bridgehead atoms. The fraction of sp³-hybridized carbons (Fsp3) is 0.600. The molecule has 26 nitrogen and oxygen atoms in total. The van der Waals surface area contributed by atoms with Crippen molar-refractivity contribution in [2.24, 2.45) is 50.3 Å². The highest BCUT2D eigenvalue weighted by atomic mass is 16.4. The van der Waals surface area contributed by atoms with Gasteiger partial charge in [-0.1, -0.05) is 26.0 Å². The molecule has 1 aromatic carbocycles. The number of nitrogens with zero attached hydrogens (tertiary/aromatic N) is 2. The molecule has 0 saturated heterocycles. The van der Waals surface area contributed by atoms with E-state index in [1.54, 1.807) is 13.8 Å². The minimum atomic E-state index is -1.58. The summed E-state index contributed by atoms with van der Waals surface area (Å²) >= 11 is 0. The van der Waals surface area contributed by atoms with Crippen molar-refractivity contribution in [3.05, 3.63) is 29.8 Å². The monoisotopic (exact) mass is 937 g/mol. The van der Waals surface area contributed by atoms with Crippen LogP contribution in [-0.2, 0) is 44.8 Å². The molecule has 7 atom stereocenters. The van der Waals surface area contributed by atoms with Crippen molar-refractivity contribution >= 4 is 59.3 Å². The van der Waals surface area contributed by atoms with Crippen molar-refractivity contribution < 1.29 is 58.8 Å². The Morgan fingerprint density at radius 2 is 1.06 bits per heavy atom. The van der Waals surface area contributed by atoms with Crippen molar-refractivity contribution in [3.8, 4) is 5.75 Å². The molecule has 370 valence electrons. The zero-order valence-corrected chi connectivity index (χ0v) is 37.2. The minimum absolute atomic E-state index is 0.0000675. The predicted molar refractivity (Wildman–Crippen MR) is 241 cm³/mol. The Balaban J connectivity index is 3.43. The summed E-state index contributed by atoms with van der Waals surface area (Å²) in [7, 11) is 0. The first-order chi connectivity index (χ1) is 31.1. The van der Waals surface area contributed by atoms with Gasteiger partial charge in [-0.15, -0.1) is 0 Å². The molecule has 1 rings (SSSR count). The maximum atomic E-state index is 14.1. The molecular weight excluding hydrogens is 869 g/mol. The van der Waals surface area contributed by atoms with E-state index in [0.717, 1.165) is 0 Å². The number of phenolic OH excluding ortho intramolecular Hbond substituents is 1. The predicted octanol–water partition coefficient (Wildman–Crippen LogP) is -5.00. The van der Waals surface area contributed by atoms with Crippen molar-refractivity contribution in [1.82, 2.24) is 31.9 Å². The van der Waals surface area contributed by atoms with Crippen LogP contribution in [0.2, 0.25) is 0 Å². The first kappa shape index (κ1) is 57.2. The van der Waals surface area contributed by atoms with Crippen LogP contribution in [0.15, 0.2) is 34.3 Å². The van der Waals surface area contributed by atoms with Crippen molar-refractivity contribution in [2.75, 3.05) is 26.2 Å². The Labute approximate surface area is 381 Å². The summed E-state index contributed by atoms with van der Waals surface area (Å²) in [6.07, 6.45) is -0.0694. The maximum Gasteiger partial charge on any atom is 0.326 e. The standard InChI is InChI=1S/C40H68N14O12/c1-21(2)31(54-35(62)28(19-22-10-12-23(56)13-11-22)52-36(63)29(20-55)53-32(59)24(42)7-5-17-47-39(43)44)37(64)50-25(9-6-18-48-40(45)46)33(60)49-26(14-15-30(57)58)34(61)51-27(38(65)66)8-3-4-16-41/h10-13,21,24-29,31,55-56H,3-9,14-20,41-42H2,1-2H3,(H,49,60)(H,50,64)(H,51,61)(H,52,63)(H,53,59)(H,54,62)(H,57,58)(H,65,66)(H4,43,44,47)(H4,45,46,48)/t24-,25-,26-,27-,28-,29-,31-/m0/s1. The number of rotatable bonds is 32. The number of aromatic hydroxyl groups is 1. The van der Waals surface area contributed by atoms with Crippen LogP contribution in [0, 0.1) is 5.92 Å². The summed E-state index contributed by atoms with van der Waals surface area (Å²) in [4.78, 5) is 113. The molecule has 22 N–H and O–H groups in total. The van der Waals surface area contributed by atoms with Gasteiger partial charge in [0.05, 0.1) is 12.6 Å². The number of aliphatic imine (C=N–C) groups is 2. The molecule has 0 saturated carbocycles. The number of nitrogens with two attached hydrogens (primary N) is 6. The molecule has 0 heterocycles. The second kappa shape index (κ2) is 30.4. The number of nitrogens with one attached hydrogen (secondary N) is 6. The number of aliphatic hydroxyl groups excluding tert-OH is 1. The number of benzene rings is 1. The summed E-state index contributed by atoms with van der Waals surface area (Å²) in [6, 6.07) is -4.34. The fourth-order valence-electron chi connectivity index (χ4n) is 6.13. The van der Waals surface area contributed by atoms with E-state index in [1.807, 2.05) is 0 Å². The number of hydrogen-bond acceptors (Lipinski definition) is 14. The van der Waals surface area contributed by atoms with Crippen molar-refractivity contribution in [3.63, 3.8) is 0 Å². The van der Waals surface area contributed by atoms with Gasteiger partial charge in [0.25, 0.3) is 0 Å². The van der Waals surface area contributed by atoms with Crippen LogP contribution in [-0.4, -0.2) is 148 Å². The van der Waals surface area contributed by atoms with E-state index in [4.69, 9.17) is 34.4 Å². The Morgan fingerprint density at radius 1 is 0.591 bits per heavy atom. The topological polar surface area (TPSA) is 470 Å². The Morgan fingerprint density at radius 3 is 1.58 bits per heavy atom. The van der Waals surface area contributed by atoms with E-state index >= 15 is 0 Å². The van der Waals surface area contributed by atoms with Gasteiger partial charge < -0.3 is 86.7 Å². The molecule has 0 fully saturated rings. The lowest BCUT2D eigenvalue weighted by Gasteiger charge is -2.29. The van der Waals surface area contributed by atoms with Gasteiger partial charge in [0.2, 0.25) is 35.4 Å². The third-order valence-corrected chi connectivity index (χ3v) is 9.80. The van der Waals surface area contributed by atoms with Crippen LogP contribution < -0.4 is 66.3 Å². The molecule has 0 aliphatic carbocycles. The molecule has 1 aromatic rings. The minimum Gasteiger partial charge on any atom is -0.508 e. The number of hydrogen-bond donors (Lipinski definition) is 16. The van der Waals surface area contributed by atoms with Gasteiger partial charge in [0.1, 0.15) is 42.0 Å². The average molecular weight is 937 g/mol. The number of aliphatic carboxylic acids is 2. The number of guanidine groups is 2. The Bertz CT molecular complexity index is 1820. The SMILES string of the molecule is CC(C)[C@H](NC(=O)[C@H](Cc1ccc(O)cc1)NC(=O)[C@H](CO)NC(=O)[C@@H](N)CCCN=C(N)N)C(=O)N[C@@H](CCCN=C(N)N)C(=O)N[C@@H](CCC(=O)O)C(=O)N[C@@H](CCCCN)C(=O)O. The summed E-state index contributed by atoms with van der Waals surface area (Å²) in [5, 5.41) is 53.7. The average Bonchev–Trinajstić information content (AvgIpc) is 3.24. The second-order valence-electron chi connectivity index (χ2n) is 15.6. The number of amides is 6. The molecule has 0 aromatic heterocycles. The molecule has 0 radical (unpaired) electrons. The fourth-order valence-corrected chi connectivity index (χ4v) is 6.13. The molecule has 0 aliphatic rings. The van der Waals surface area contributed by atoms with Gasteiger partial charge >= 0.3 is 11.9 Å². The van der Waals surface area contributed by atoms with Gasteiger partial charge in [-0.25, -0.2) is 4.79 Å². The van der Waals surface area contributed by atoms with Crippen LogP contribution in [0.25, 0.3) is 0 Å². The van der Waals surface area contributed by atoms with Gasteiger partial charge in [0, 0.05) is 25.9 Å². The lowest BCUT2D eigenvalue weighted by atomic mass is 9.99. The number of carboxylic acid groups (broad SMARTS) is 2. The van der Waals surface area contributed by atoms with Crippen LogP contribution in [0.1, 0.15) is 77.2 Å². The molecular formula is C40H68N14O12. The van der Waals surface area contributed by atoms with Crippen LogP contribution in [0.3, 0.4) is 0 Å². The highest BCUT2D eigenvalue weighted by molar-refractivity contribution is 5.97. The first-order valence-electron chi connectivity index (χ1n) is 21.3. The summed E-state index contributed by atoms with van der Waals surface area (Å²) in [6.45, 7) is 2.70. The normalized spacial score (nSPS) is 14.1. The van der Waals surface area contributed by atoms with Gasteiger partial charge in [-0.2, -0.15) is 0 Å². The largest absolute Gasteiger partial charge is 0.508 e.